The van der Waals surface area contributed by atoms with E-state index in [0.717, 1.165) is 28.0 Å². The summed E-state index contributed by atoms with van der Waals surface area (Å²) in [6, 6.07) is 7.85. The molecule has 0 saturated carbocycles. The Kier molecular flexibility index (Phi) is 5.63. The van der Waals surface area contributed by atoms with Crippen LogP contribution in [0.5, 0.6) is 0 Å². The van der Waals surface area contributed by atoms with Crippen molar-refractivity contribution in [3.8, 4) is 0 Å². The molecule has 1 aromatic carbocycles. The Balaban J connectivity index is 0.000000318. The zero-order valence-electron chi connectivity index (χ0n) is 16.1. The molecule has 11 heteroatoms. The number of anilines is 2. The molecule has 3 aromatic rings. The summed E-state index contributed by atoms with van der Waals surface area (Å²) in [4.78, 5) is 33.8. The van der Waals surface area contributed by atoms with Crippen LogP contribution in [-0.4, -0.2) is 50.9 Å². The van der Waals surface area contributed by atoms with Crippen LogP contribution in [0, 0.1) is 6.92 Å². The summed E-state index contributed by atoms with van der Waals surface area (Å²) in [5, 5.41) is 7.12. The van der Waals surface area contributed by atoms with Gasteiger partial charge in [0, 0.05) is 32.0 Å². The maximum Gasteiger partial charge on any atom is 0.490 e. The summed E-state index contributed by atoms with van der Waals surface area (Å²) in [7, 11) is 1.96. The molecule has 1 N–H and O–H groups in total. The first-order chi connectivity index (χ1) is 14.1. The fourth-order valence-electron chi connectivity index (χ4n) is 3.03. The number of hydrogen-bond acceptors (Lipinski definition) is 4. The average Bonchev–Trinajstić information content (AvgIpc) is 3.24. The minimum absolute atomic E-state index is 0.0172. The Hall–Kier alpha value is -3.63. The molecule has 2 amide bonds. The van der Waals surface area contributed by atoms with E-state index in [2.05, 4.69) is 9.97 Å². The summed E-state index contributed by atoms with van der Waals surface area (Å²) >= 11 is 0. The molecule has 1 fully saturated rings. The second kappa shape index (κ2) is 8.01. The minimum Gasteiger partial charge on any atom is -0.475 e. The van der Waals surface area contributed by atoms with Crippen molar-refractivity contribution in [2.45, 2.75) is 13.1 Å². The number of carbonyl (C=O) groups is 2. The average molecular weight is 421 g/mol. The van der Waals surface area contributed by atoms with Crippen molar-refractivity contribution in [2.75, 3.05) is 22.9 Å². The number of aryl methyl sites for hydroxylation is 2. The summed E-state index contributed by atoms with van der Waals surface area (Å²) in [6.45, 7) is 3.31. The molecular weight excluding hydrogens is 403 g/mol. The fourth-order valence-corrected chi connectivity index (χ4v) is 3.03. The fraction of sp³-hybridized carbons (Fsp3) is 0.263. The zero-order chi connectivity index (χ0) is 22.1. The topological polar surface area (TPSA) is 91.6 Å². The van der Waals surface area contributed by atoms with Gasteiger partial charge in [-0.1, -0.05) is 0 Å². The number of hydrogen-bond donors (Lipinski definition) is 1. The maximum absolute atomic E-state index is 12.8. The highest BCUT2D eigenvalue weighted by atomic mass is 19.4. The number of pyridine rings is 1. The van der Waals surface area contributed by atoms with E-state index in [4.69, 9.17) is 9.90 Å². The smallest absolute Gasteiger partial charge is 0.475 e. The Morgan fingerprint density at radius 3 is 2.47 bits per heavy atom. The lowest BCUT2D eigenvalue weighted by atomic mass is 10.2. The van der Waals surface area contributed by atoms with Crippen molar-refractivity contribution in [3.63, 3.8) is 0 Å². The lowest BCUT2D eigenvalue weighted by Gasteiger charge is -2.20. The van der Waals surface area contributed by atoms with Gasteiger partial charge >= 0.3 is 18.2 Å². The van der Waals surface area contributed by atoms with Crippen LogP contribution in [0.1, 0.15) is 5.56 Å². The van der Waals surface area contributed by atoms with Gasteiger partial charge in [0.15, 0.2) is 0 Å². The predicted molar refractivity (Wildman–Crippen MR) is 103 cm³/mol. The molecule has 4 rings (SSSR count). The first kappa shape index (κ1) is 21.1. The van der Waals surface area contributed by atoms with E-state index in [1.807, 2.05) is 42.8 Å². The van der Waals surface area contributed by atoms with Crippen LogP contribution in [0.3, 0.4) is 0 Å². The number of imidazole rings is 1. The molecular formula is C19H18F3N5O3. The number of carbonyl (C=O) groups excluding carboxylic acids is 1. The van der Waals surface area contributed by atoms with Crippen molar-refractivity contribution < 1.29 is 27.9 Å². The predicted octanol–water partition coefficient (Wildman–Crippen LogP) is 3.36. The maximum atomic E-state index is 12.8. The molecule has 2 aromatic heterocycles. The van der Waals surface area contributed by atoms with E-state index in [1.165, 1.54) is 0 Å². The Bertz CT molecular complexity index is 1100. The van der Waals surface area contributed by atoms with Crippen LogP contribution in [0.25, 0.3) is 11.0 Å². The van der Waals surface area contributed by atoms with E-state index < -0.39 is 12.1 Å². The van der Waals surface area contributed by atoms with E-state index in [1.54, 1.807) is 28.5 Å². The van der Waals surface area contributed by atoms with Gasteiger partial charge in [0.05, 0.1) is 29.2 Å². The number of rotatable bonds is 2. The van der Waals surface area contributed by atoms with E-state index in [0.29, 0.717) is 13.1 Å². The minimum atomic E-state index is -5.08. The summed E-state index contributed by atoms with van der Waals surface area (Å²) in [5.74, 6) is -2.76. The molecule has 0 aliphatic carbocycles. The third-order valence-corrected chi connectivity index (χ3v) is 4.57. The number of nitrogens with zero attached hydrogens (tertiary/aromatic N) is 5. The lowest BCUT2D eigenvalue weighted by molar-refractivity contribution is -0.192. The molecule has 1 saturated heterocycles. The van der Waals surface area contributed by atoms with Gasteiger partial charge in [-0.3, -0.25) is 14.8 Å². The van der Waals surface area contributed by atoms with Crippen molar-refractivity contribution in [2.24, 2.45) is 7.05 Å². The second-order valence-electron chi connectivity index (χ2n) is 6.58. The molecule has 1 aliphatic heterocycles. The molecule has 3 heterocycles. The van der Waals surface area contributed by atoms with E-state index in [9.17, 15) is 18.0 Å². The van der Waals surface area contributed by atoms with Crippen LogP contribution in [0.15, 0.2) is 43.0 Å². The monoisotopic (exact) mass is 421 g/mol. The van der Waals surface area contributed by atoms with Crippen molar-refractivity contribution in [3.05, 3.63) is 48.5 Å². The Labute approximate surface area is 169 Å². The molecule has 0 radical (unpaired) electrons. The number of halogens is 3. The Morgan fingerprint density at radius 1 is 1.17 bits per heavy atom. The number of carboxylic acid groups (broad SMARTS) is 1. The normalized spacial score (nSPS) is 14.1. The summed E-state index contributed by atoms with van der Waals surface area (Å²) < 4.78 is 33.7. The number of benzene rings is 1. The largest absolute Gasteiger partial charge is 0.490 e. The SMILES string of the molecule is Cc1ccncc1N1CCN(c2ccc3c(c2)ncn3C)C1=O.O=C(O)C(F)(F)F. The van der Waals surface area contributed by atoms with E-state index >= 15 is 0 Å². The highest BCUT2D eigenvalue weighted by Gasteiger charge is 2.38. The van der Waals surface area contributed by atoms with Gasteiger partial charge in [-0.15, -0.1) is 0 Å². The molecule has 1 aliphatic rings. The van der Waals surface area contributed by atoms with Crippen LogP contribution in [0.4, 0.5) is 29.3 Å². The van der Waals surface area contributed by atoms with Gasteiger partial charge in [0.25, 0.3) is 0 Å². The number of alkyl halides is 3. The number of aliphatic carboxylic acids is 1. The van der Waals surface area contributed by atoms with Crippen molar-refractivity contribution in [1.82, 2.24) is 14.5 Å². The number of aromatic nitrogens is 3. The molecule has 0 bridgehead atoms. The number of urea groups is 1. The quantitative estimate of drug-likeness (QED) is 0.685. The first-order valence-corrected chi connectivity index (χ1v) is 8.80. The lowest BCUT2D eigenvalue weighted by Crippen LogP contribution is -2.32. The number of carboxylic acids is 1. The van der Waals surface area contributed by atoms with Crippen LogP contribution in [0.2, 0.25) is 0 Å². The molecule has 0 unspecified atom stereocenters. The molecule has 0 atom stereocenters. The van der Waals surface area contributed by atoms with Crippen molar-refractivity contribution >= 4 is 34.4 Å². The molecule has 0 spiro atoms. The third-order valence-electron chi connectivity index (χ3n) is 4.57. The third kappa shape index (κ3) is 4.19. The second-order valence-corrected chi connectivity index (χ2v) is 6.58. The zero-order valence-corrected chi connectivity index (χ0v) is 16.1. The molecule has 158 valence electrons. The van der Waals surface area contributed by atoms with Crippen LogP contribution >= 0.6 is 0 Å². The number of amides is 2. The van der Waals surface area contributed by atoms with Crippen LogP contribution < -0.4 is 9.80 Å². The van der Waals surface area contributed by atoms with Crippen LogP contribution in [-0.2, 0) is 11.8 Å². The van der Waals surface area contributed by atoms with Gasteiger partial charge in [0.2, 0.25) is 0 Å². The standard InChI is InChI=1S/C17H17N5O.C2HF3O2/c1-12-5-6-18-10-16(12)22-8-7-21(17(22)23)13-3-4-15-14(9-13)19-11-20(15)2;3-2(4,5)1(6)7/h3-6,9-11H,7-8H2,1-2H3;(H,6,7). The Morgan fingerprint density at radius 2 is 1.83 bits per heavy atom. The number of fused-ring (bicyclic) bond motifs is 1. The van der Waals surface area contributed by atoms with Gasteiger partial charge in [-0.05, 0) is 36.8 Å². The van der Waals surface area contributed by atoms with E-state index in [-0.39, 0.29) is 6.03 Å². The van der Waals surface area contributed by atoms with Crippen molar-refractivity contribution in [1.29, 1.82) is 0 Å². The highest BCUT2D eigenvalue weighted by molar-refractivity contribution is 6.07. The first-order valence-electron chi connectivity index (χ1n) is 8.80. The van der Waals surface area contributed by atoms with Gasteiger partial charge in [0.1, 0.15) is 0 Å². The van der Waals surface area contributed by atoms with Gasteiger partial charge < -0.3 is 9.67 Å². The van der Waals surface area contributed by atoms with Gasteiger partial charge in [-0.2, -0.15) is 13.2 Å². The molecule has 30 heavy (non-hydrogen) atoms. The van der Waals surface area contributed by atoms with Gasteiger partial charge in [-0.25, -0.2) is 14.6 Å². The molecule has 8 nitrogen and oxygen atoms in total. The highest BCUT2D eigenvalue weighted by Crippen LogP contribution is 2.28. The summed E-state index contributed by atoms with van der Waals surface area (Å²) in [5.41, 5.74) is 4.76. The summed E-state index contributed by atoms with van der Waals surface area (Å²) in [6.07, 6.45) is 0.191.